The van der Waals surface area contributed by atoms with Crippen molar-refractivity contribution in [1.29, 1.82) is 5.41 Å². The maximum absolute atomic E-state index is 13.4. The van der Waals surface area contributed by atoms with Gasteiger partial charge < -0.3 is 21.4 Å². The molecule has 0 atom stereocenters. The van der Waals surface area contributed by atoms with Gasteiger partial charge in [0.2, 0.25) is 0 Å². The average molecular weight is 457 g/mol. The smallest absolute Gasteiger partial charge is 0.385 e. The zero-order valence-electron chi connectivity index (χ0n) is 17.0. The van der Waals surface area contributed by atoms with Crippen molar-refractivity contribution in [3.05, 3.63) is 64.6 Å². The fraction of sp³-hybridized carbons (Fsp3) is 0.333. The van der Waals surface area contributed by atoms with E-state index in [2.05, 4.69) is 10.3 Å². The Labute approximate surface area is 180 Å². The molecule has 2 heterocycles. The van der Waals surface area contributed by atoms with Gasteiger partial charge in [-0.2, -0.15) is 26.3 Å². The molecule has 0 unspecified atom stereocenters. The van der Waals surface area contributed by atoms with Gasteiger partial charge >= 0.3 is 12.4 Å². The van der Waals surface area contributed by atoms with Crippen LogP contribution in [0.4, 0.5) is 37.8 Å². The van der Waals surface area contributed by atoms with Crippen molar-refractivity contribution in [2.24, 2.45) is 5.73 Å². The first-order valence-corrected chi connectivity index (χ1v) is 9.66. The molecular weight excluding hydrogens is 436 g/mol. The minimum absolute atomic E-state index is 0.0803. The molecule has 0 saturated carbocycles. The first kappa shape index (κ1) is 23.4. The number of aryl methyl sites for hydroxylation is 1. The molecule has 1 aromatic carbocycles. The molecule has 1 saturated heterocycles. The van der Waals surface area contributed by atoms with Crippen LogP contribution >= 0.6 is 0 Å². The van der Waals surface area contributed by atoms with Crippen LogP contribution in [0.25, 0.3) is 0 Å². The predicted molar refractivity (Wildman–Crippen MR) is 109 cm³/mol. The third kappa shape index (κ3) is 5.14. The summed E-state index contributed by atoms with van der Waals surface area (Å²) in [6.45, 7) is 1.79. The zero-order valence-corrected chi connectivity index (χ0v) is 17.0. The predicted octanol–water partition coefficient (Wildman–Crippen LogP) is 5.33. The number of benzene rings is 1. The van der Waals surface area contributed by atoms with E-state index in [9.17, 15) is 26.3 Å². The maximum atomic E-state index is 13.4. The third-order valence-electron chi connectivity index (χ3n) is 5.17. The molecule has 1 aliphatic heterocycles. The van der Waals surface area contributed by atoms with E-state index in [4.69, 9.17) is 11.1 Å². The topological polar surface area (TPSA) is 78.0 Å². The Balaban J connectivity index is 1.83. The lowest BCUT2D eigenvalue weighted by molar-refractivity contribution is -0.138. The molecule has 1 aliphatic rings. The minimum Gasteiger partial charge on any atom is -0.385 e. The highest BCUT2D eigenvalue weighted by atomic mass is 19.4. The molecule has 1 fully saturated rings. The summed E-state index contributed by atoms with van der Waals surface area (Å²) in [5, 5.41) is 11.1. The number of nitrogens with two attached hydrogens (primary N) is 1. The van der Waals surface area contributed by atoms with Gasteiger partial charge in [0.15, 0.2) is 0 Å². The van der Waals surface area contributed by atoms with Crippen molar-refractivity contribution < 1.29 is 26.3 Å². The summed E-state index contributed by atoms with van der Waals surface area (Å²) in [7, 11) is 0. The highest BCUT2D eigenvalue weighted by Gasteiger charge is 2.36. The lowest BCUT2D eigenvalue weighted by Gasteiger charge is -2.24. The van der Waals surface area contributed by atoms with Crippen LogP contribution in [0.3, 0.4) is 0 Å². The lowest BCUT2D eigenvalue weighted by atomic mass is 10.1. The fourth-order valence-corrected chi connectivity index (χ4v) is 3.49. The van der Waals surface area contributed by atoms with Gasteiger partial charge in [-0.3, -0.25) is 0 Å². The van der Waals surface area contributed by atoms with E-state index in [1.165, 1.54) is 30.2 Å². The molecule has 4 N–H and O–H groups in total. The number of hydrogen-bond donors (Lipinski definition) is 3. The van der Waals surface area contributed by atoms with E-state index in [0.29, 0.717) is 16.8 Å². The number of halogens is 6. The van der Waals surface area contributed by atoms with E-state index >= 15 is 0 Å². The lowest BCUT2D eigenvalue weighted by Crippen LogP contribution is -2.28. The maximum Gasteiger partial charge on any atom is 0.419 e. The molecule has 1 aromatic heterocycles. The van der Waals surface area contributed by atoms with Crippen LogP contribution < -0.4 is 16.0 Å². The van der Waals surface area contributed by atoms with E-state index in [0.717, 1.165) is 18.2 Å². The summed E-state index contributed by atoms with van der Waals surface area (Å²) in [5.74, 6) is -0.129. The molecule has 0 spiro atoms. The van der Waals surface area contributed by atoms with Crippen LogP contribution in [-0.4, -0.2) is 23.8 Å². The Morgan fingerprint density at radius 2 is 1.75 bits per heavy atom. The average Bonchev–Trinajstić information content (AvgIpc) is 2.89. The van der Waals surface area contributed by atoms with Crippen LogP contribution in [0.15, 0.2) is 47.9 Å². The van der Waals surface area contributed by atoms with Gasteiger partial charge in [-0.05, 0) is 49.2 Å². The molecule has 11 heteroatoms. The van der Waals surface area contributed by atoms with Crippen molar-refractivity contribution in [3.63, 3.8) is 0 Å². The van der Waals surface area contributed by atoms with Crippen molar-refractivity contribution in [2.75, 3.05) is 23.3 Å². The number of anilines is 2. The standard InChI is InChI=1S/C21H21F6N5/c1-12-11-13(20(22,23)24)4-5-17(12)31-18(29)14-6-9-32(10-7-16(14)28)19-15(21(25,26)27)3-2-8-30-19/h2-5,8,11,28,31H,6-7,9-10,29H2,1H3/b18-14+,28-16?. The molecule has 2 aromatic rings. The van der Waals surface area contributed by atoms with Crippen molar-refractivity contribution in [1.82, 2.24) is 4.98 Å². The molecule has 172 valence electrons. The van der Waals surface area contributed by atoms with Crippen molar-refractivity contribution in [2.45, 2.75) is 32.1 Å². The van der Waals surface area contributed by atoms with Gasteiger partial charge in [-0.25, -0.2) is 4.98 Å². The molecular formula is C21H21F6N5. The summed E-state index contributed by atoms with van der Waals surface area (Å²) in [4.78, 5) is 5.35. The van der Waals surface area contributed by atoms with Gasteiger partial charge in [0.25, 0.3) is 0 Å². The largest absolute Gasteiger partial charge is 0.419 e. The Hall–Kier alpha value is -3.24. The monoisotopic (exact) mass is 457 g/mol. The van der Waals surface area contributed by atoms with Gasteiger partial charge in [-0.1, -0.05) is 0 Å². The van der Waals surface area contributed by atoms with E-state index in [1.54, 1.807) is 0 Å². The number of nitrogens with zero attached hydrogens (tertiary/aromatic N) is 2. The normalized spacial score (nSPS) is 17.2. The Bertz CT molecular complexity index is 1040. The van der Waals surface area contributed by atoms with Gasteiger partial charge in [0.05, 0.1) is 11.1 Å². The summed E-state index contributed by atoms with van der Waals surface area (Å²) in [6, 6.07) is 5.33. The van der Waals surface area contributed by atoms with Crippen molar-refractivity contribution >= 4 is 17.2 Å². The summed E-state index contributed by atoms with van der Waals surface area (Å²) in [5.41, 5.74) is 5.67. The quantitative estimate of drug-likeness (QED) is 0.545. The minimum atomic E-state index is -4.57. The first-order chi connectivity index (χ1) is 14.9. The summed E-state index contributed by atoms with van der Waals surface area (Å²) in [6.07, 6.45) is -7.45. The molecule has 0 aliphatic carbocycles. The van der Waals surface area contributed by atoms with E-state index < -0.39 is 23.5 Å². The second kappa shape index (κ2) is 8.71. The van der Waals surface area contributed by atoms with Gasteiger partial charge in [0.1, 0.15) is 11.6 Å². The van der Waals surface area contributed by atoms with Crippen LogP contribution in [0.2, 0.25) is 0 Å². The van der Waals surface area contributed by atoms with Gasteiger partial charge in [0, 0.05) is 42.7 Å². The van der Waals surface area contributed by atoms with Crippen LogP contribution in [-0.2, 0) is 12.4 Å². The number of aromatic nitrogens is 1. The Morgan fingerprint density at radius 3 is 2.38 bits per heavy atom. The summed E-state index contributed by atoms with van der Waals surface area (Å²) < 4.78 is 78.6. The molecule has 32 heavy (non-hydrogen) atoms. The molecule has 0 radical (unpaired) electrons. The van der Waals surface area contributed by atoms with Gasteiger partial charge in [-0.15, -0.1) is 0 Å². The molecule has 0 amide bonds. The Kier molecular flexibility index (Phi) is 6.38. The zero-order chi connectivity index (χ0) is 23.7. The number of pyridine rings is 1. The van der Waals surface area contributed by atoms with E-state index in [1.807, 2.05) is 0 Å². The number of alkyl halides is 6. The van der Waals surface area contributed by atoms with Crippen LogP contribution in [0, 0.1) is 12.3 Å². The van der Waals surface area contributed by atoms with E-state index in [-0.39, 0.29) is 43.3 Å². The second-order valence-electron chi connectivity index (χ2n) is 7.38. The third-order valence-corrected chi connectivity index (χ3v) is 5.17. The van der Waals surface area contributed by atoms with Crippen molar-refractivity contribution in [3.8, 4) is 0 Å². The number of hydrogen-bond acceptors (Lipinski definition) is 5. The van der Waals surface area contributed by atoms with Crippen LogP contribution in [0.1, 0.15) is 29.5 Å². The van der Waals surface area contributed by atoms with Crippen LogP contribution in [0.5, 0.6) is 0 Å². The summed E-state index contributed by atoms with van der Waals surface area (Å²) >= 11 is 0. The number of nitrogens with one attached hydrogen (secondary N) is 2. The second-order valence-corrected chi connectivity index (χ2v) is 7.38. The molecule has 3 rings (SSSR count). The SMILES string of the molecule is Cc1cc(C(F)(F)F)ccc1N/C(N)=C1\CCN(c2ncccc2C(F)(F)F)CCC1=N. The molecule has 0 bridgehead atoms. The Morgan fingerprint density at radius 1 is 1.06 bits per heavy atom. The highest BCUT2D eigenvalue weighted by molar-refractivity contribution is 5.99. The first-order valence-electron chi connectivity index (χ1n) is 9.66. The highest BCUT2D eigenvalue weighted by Crippen LogP contribution is 2.36. The fourth-order valence-electron chi connectivity index (χ4n) is 3.49. The molecule has 5 nitrogen and oxygen atoms in total. The number of rotatable bonds is 3.